The van der Waals surface area contributed by atoms with Gasteiger partial charge in [0.2, 0.25) is 5.91 Å². The van der Waals surface area contributed by atoms with Crippen LogP contribution in [-0.4, -0.2) is 58.5 Å². The van der Waals surface area contributed by atoms with Crippen LogP contribution < -0.4 is 0 Å². The van der Waals surface area contributed by atoms with Crippen molar-refractivity contribution in [3.05, 3.63) is 71.3 Å². The van der Waals surface area contributed by atoms with Crippen molar-refractivity contribution in [3.8, 4) is 11.8 Å². The monoisotopic (exact) mass is 442 g/mol. The molecule has 2 saturated heterocycles. The zero-order valence-electron chi connectivity index (χ0n) is 18.8. The Bertz CT molecular complexity index is 1060. The Morgan fingerprint density at radius 3 is 2.45 bits per heavy atom. The Labute approximate surface area is 195 Å². The van der Waals surface area contributed by atoms with E-state index in [-0.39, 0.29) is 43.0 Å². The van der Waals surface area contributed by atoms with Crippen molar-refractivity contribution in [3.63, 3.8) is 0 Å². The van der Waals surface area contributed by atoms with Crippen LogP contribution in [0.3, 0.4) is 0 Å². The van der Waals surface area contributed by atoms with E-state index in [9.17, 15) is 14.7 Å². The Hall–Kier alpha value is -3.10. The second-order valence-electron chi connectivity index (χ2n) is 9.47. The van der Waals surface area contributed by atoms with Gasteiger partial charge >= 0.3 is 0 Å². The lowest BCUT2D eigenvalue weighted by molar-refractivity contribution is -0.159. The molecule has 5 nitrogen and oxygen atoms in total. The molecule has 0 spiro atoms. The van der Waals surface area contributed by atoms with Crippen LogP contribution in [0.25, 0.3) is 0 Å². The van der Waals surface area contributed by atoms with Gasteiger partial charge in [-0.2, -0.15) is 0 Å². The molecule has 1 saturated carbocycles. The fourth-order valence-corrected chi connectivity index (χ4v) is 5.72. The standard InChI is InChI=1S/C28H30N2O3/c31-19-25-27(22-15-13-21(14-16-22)10-6-9-20-7-4-5-8-20)24-17-29(18-26(32)30(24)25)28(33)23-11-2-1-3-12-23/h1-3,11-16,20,24-25,27,31H,4-5,7-9,17-19H2/t24-,25+,27+/m1/s1. The highest BCUT2D eigenvalue weighted by Gasteiger charge is 2.54. The minimum atomic E-state index is -0.240. The molecule has 2 aromatic carbocycles. The maximum Gasteiger partial charge on any atom is 0.254 e. The van der Waals surface area contributed by atoms with E-state index < -0.39 is 0 Å². The van der Waals surface area contributed by atoms with E-state index in [2.05, 4.69) is 24.0 Å². The first kappa shape index (κ1) is 21.7. The fraction of sp³-hybridized carbons (Fsp3) is 0.429. The maximum atomic E-state index is 12.9. The number of nitrogens with zero attached hydrogens (tertiary/aromatic N) is 2. The number of piperazine rings is 1. The molecule has 5 rings (SSSR count). The summed E-state index contributed by atoms with van der Waals surface area (Å²) in [7, 11) is 0. The molecule has 0 bridgehead atoms. The first-order valence-corrected chi connectivity index (χ1v) is 12.0. The number of carbonyl (C=O) groups is 2. The van der Waals surface area contributed by atoms with Crippen molar-refractivity contribution >= 4 is 11.8 Å². The van der Waals surface area contributed by atoms with E-state index in [1.807, 2.05) is 30.3 Å². The molecule has 33 heavy (non-hydrogen) atoms. The van der Waals surface area contributed by atoms with Gasteiger partial charge in [-0.3, -0.25) is 9.59 Å². The van der Waals surface area contributed by atoms with Crippen LogP contribution in [0, 0.1) is 17.8 Å². The van der Waals surface area contributed by atoms with E-state index >= 15 is 0 Å². The Balaban J connectivity index is 1.30. The molecule has 2 heterocycles. The van der Waals surface area contributed by atoms with Crippen LogP contribution in [0.1, 0.15) is 59.5 Å². The molecular formula is C28H30N2O3. The Morgan fingerprint density at radius 1 is 1.03 bits per heavy atom. The van der Waals surface area contributed by atoms with Gasteiger partial charge in [0.15, 0.2) is 0 Å². The minimum Gasteiger partial charge on any atom is -0.394 e. The summed E-state index contributed by atoms with van der Waals surface area (Å²) < 4.78 is 0. The Kier molecular flexibility index (Phi) is 6.20. The van der Waals surface area contributed by atoms with Crippen LogP contribution in [0.2, 0.25) is 0 Å². The summed E-state index contributed by atoms with van der Waals surface area (Å²) in [5, 5.41) is 10.0. The second kappa shape index (κ2) is 9.41. The molecule has 2 aliphatic heterocycles. The lowest BCUT2D eigenvalue weighted by Gasteiger charge is -2.58. The molecule has 5 heteroatoms. The third kappa shape index (κ3) is 4.28. The molecule has 170 valence electrons. The zero-order valence-corrected chi connectivity index (χ0v) is 18.8. The van der Waals surface area contributed by atoms with Gasteiger partial charge in [-0.25, -0.2) is 0 Å². The van der Waals surface area contributed by atoms with Gasteiger partial charge in [0, 0.05) is 30.0 Å². The van der Waals surface area contributed by atoms with E-state index in [4.69, 9.17) is 0 Å². The van der Waals surface area contributed by atoms with E-state index in [1.54, 1.807) is 21.9 Å². The molecule has 3 atom stereocenters. The molecule has 2 amide bonds. The summed E-state index contributed by atoms with van der Waals surface area (Å²) in [6, 6.07) is 16.9. The predicted molar refractivity (Wildman–Crippen MR) is 126 cm³/mol. The van der Waals surface area contributed by atoms with Crippen LogP contribution in [0.4, 0.5) is 0 Å². The SMILES string of the molecule is O=C(c1ccccc1)N1CC(=O)N2[C@H](C1)[C@H](c1ccc(C#CCC3CCCC3)cc1)[C@@H]2CO. The van der Waals surface area contributed by atoms with Gasteiger partial charge in [-0.05, 0) is 48.6 Å². The summed E-state index contributed by atoms with van der Waals surface area (Å²) in [6.07, 6.45) is 6.25. The number of rotatable bonds is 4. The van der Waals surface area contributed by atoms with Crippen molar-refractivity contribution in [1.82, 2.24) is 9.80 Å². The number of aliphatic hydroxyl groups is 1. The quantitative estimate of drug-likeness (QED) is 0.738. The second-order valence-corrected chi connectivity index (χ2v) is 9.47. The maximum absolute atomic E-state index is 12.9. The number of carbonyl (C=O) groups excluding carboxylic acids is 2. The normalized spacial score (nSPS) is 24.6. The van der Waals surface area contributed by atoms with E-state index in [1.165, 1.54) is 25.7 Å². The third-order valence-electron chi connectivity index (χ3n) is 7.45. The van der Waals surface area contributed by atoms with Crippen LogP contribution in [0.15, 0.2) is 54.6 Å². The number of hydrogen-bond acceptors (Lipinski definition) is 3. The fourth-order valence-electron chi connectivity index (χ4n) is 5.72. The molecule has 0 aromatic heterocycles. The molecule has 0 radical (unpaired) electrons. The highest BCUT2D eigenvalue weighted by atomic mass is 16.3. The summed E-state index contributed by atoms with van der Waals surface area (Å²) >= 11 is 0. The third-order valence-corrected chi connectivity index (χ3v) is 7.45. The predicted octanol–water partition coefficient (Wildman–Crippen LogP) is 3.43. The average Bonchev–Trinajstić information content (AvgIpc) is 3.35. The first-order valence-electron chi connectivity index (χ1n) is 12.0. The van der Waals surface area contributed by atoms with Crippen molar-refractivity contribution < 1.29 is 14.7 Å². The summed E-state index contributed by atoms with van der Waals surface area (Å²) in [5.74, 6) is 7.17. The highest BCUT2D eigenvalue weighted by Crippen LogP contribution is 2.43. The summed E-state index contributed by atoms with van der Waals surface area (Å²) in [6.45, 7) is 0.453. The molecule has 1 N–H and O–H groups in total. The largest absolute Gasteiger partial charge is 0.394 e. The summed E-state index contributed by atoms with van der Waals surface area (Å²) in [5.41, 5.74) is 2.67. The molecular weight excluding hydrogens is 412 g/mol. The lowest BCUT2D eigenvalue weighted by Crippen LogP contribution is -2.73. The van der Waals surface area contributed by atoms with Gasteiger partial charge in [-0.1, -0.05) is 55.0 Å². The van der Waals surface area contributed by atoms with Gasteiger partial charge in [-0.15, -0.1) is 0 Å². The molecule has 2 aromatic rings. The van der Waals surface area contributed by atoms with Crippen molar-refractivity contribution in [2.45, 2.75) is 50.1 Å². The number of hydrogen-bond donors (Lipinski definition) is 1. The molecule has 3 fully saturated rings. The number of fused-ring (bicyclic) bond motifs is 1. The van der Waals surface area contributed by atoms with Gasteiger partial charge in [0.25, 0.3) is 5.91 Å². The van der Waals surface area contributed by atoms with Gasteiger partial charge < -0.3 is 14.9 Å². The van der Waals surface area contributed by atoms with E-state index in [0.717, 1.165) is 23.5 Å². The van der Waals surface area contributed by atoms with Crippen molar-refractivity contribution in [2.75, 3.05) is 19.7 Å². The summed E-state index contributed by atoms with van der Waals surface area (Å²) in [4.78, 5) is 29.2. The molecule has 0 unspecified atom stereocenters. The van der Waals surface area contributed by atoms with Crippen molar-refractivity contribution in [1.29, 1.82) is 0 Å². The number of aliphatic hydroxyl groups excluding tert-OH is 1. The van der Waals surface area contributed by atoms with Crippen molar-refractivity contribution in [2.24, 2.45) is 5.92 Å². The van der Waals surface area contributed by atoms with Gasteiger partial charge in [0.1, 0.15) is 6.54 Å². The lowest BCUT2D eigenvalue weighted by atomic mass is 9.73. The van der Waals surface area contributed by atoms with Crippen LogP contribution >= 0.6 is 0 Å². The van der Waals surface area contributed by atoms with Gasteiger partial charge in [0.05, 0.1) is 18.7 Å². The topological polar surface area (TPSA) is 60.9 Å². The zero-order chi connectivity index (χ0) is 22.8. The first-order chi connectivity index (χ1) is 16.2. The molecule has 1 aliphatic carbocycles. The highest BCUT2D eigenvalue weighted by molar-refractivity contribution is 5.97. The number of benzene rings is 2. The number of amides is 2. The smallest absolute Gasteiger partial charge is 0.254 e. The average molecular weight is 443 g/mol. The van der Waals surface area contributed by atoms with E-state index in [0.29, 0.717) is 12.1 Å². The Morgan fingerprint density at radius 2 is 1.76 bits per heavy atom. The van der Waals surface area contributed by atoms with Crippen LogP contribution in [-0.2, 0) is 4.79 Å². The minimum absolute atomic E-state index is 0.00539. The molecule has 3 aliphatic rings. The van der Waals surface area contributed by atoms with Crippen LogP contribution in [0.5, 0.6) is 0 Å².